The number of carboxylic acid groups (broad SMARTS) is 1. The van der Waals surface area contributed by atoms with Crippen molar-refractivity contribution in [1.82, 2.24) is 0 Å². The van der Waals surface area contributed by atoms with Crippen LogP contribution in [0.5, 0.6) is 0 Å². The Kier molecular flexibility index (Phi) is 5.61. The van der Waals surface area contributed by atoms with Gasteiger partial charge in [-0.25, -0.2) is 4.99 Å². The number of hydrogen-bond donors (Lipinski definition) is 1. The molecule has 0 rings (SSSR count). The summed E-state index contributed by atoms with van der Waals surface area (Å²) in [5.74, 6) is -0.761. The lowest BCUT2D eigenvalue weighted by molar-refractivity contribution is -0.137. The van der Waals surface area contributed by atoms with Crippen molar-refractivity contribution >= 4 is 23.3 Å². The minimum Gasteiger partial charge on any atom is -0.481 e. The molecule has 0 aromatic rings. The fourth-order valence-electron chi connectivity index (χ4n) is 0.703. The van der Waals surface area contributed by atoms with Gasteiger partial charge >= 0.3 is 5.97 Å². The third-order valence-corrected chi connectivity index (χ3v) is 1.39. The topological polar surface area (TPSA) is 49.7 Å². The summed E-state index contributed by atoms with van der Waals surface area (Å²) in [5, 5.41) is 10.6. The standard InChI is InChI=1S/C7H11NO2S/c1-6(8-5-11)3-2-4-7(9)10/h6H,2-4H2,1H3,(H,9,10). The molecular formula is C7H11NO2S. The van der Waals surface area contributed by atoms with E-state index in [2.05, 4.69) is 22.4 Å². The summed E-state index contributed by atoms with van der Waals surface area (Å²) in [5.41, 5.74) is 0. The highest BCUT2D eigenvalue weighted by molar-refractivity contribution is 7.78. The molecule has 3 nitrogen and oxygen atoms in total. The Bertz CT molecular complexity index is 175. The molecule has 1 atom stereocenters. The lowest BCUT2D eigenvalue weighted by atomic mass is 10.1. The van der Waals surface area contributed by atoms with E-state index < -0.39 is 5.97 Å². The lowest BCUT2D eigenvalue weighted by Crippen LogP contribution is -2.00. The molecule has 62 valence electrons. The summed E-state index contributed by atoms with van der Waals surface area (Å²) in [4.78, 5) is 13.9. The first-order valence-corrected chi connectivity index (χ1v) is 3.86. The second-order valence-corrected chi connectivity index (χ2v) is 2.54. The molecule has 0 heterocycles. The first-order chi connectivity index (χ1) is 5.16. The predicted molar refractivity (Wildman–Crippen MR) is 46.0 cm³/mol. The van der Waals surface area contributed by atoms with Crippen molar-refractivity contribution in [3.05, 3.63) is 0 Å². The fourth-order valence-corrected chi connectivity index (χ4v) is 0.883. The van der Waals surface area contributed by atoms with Crippen LogP contribution in [0.15, 0.2) is 4.99 Å². The van der Waals surface area contributed by atoms with Crippen LogP contribution in [0, 0.1) is 0 Å². The molecule has 0 aliphatic heterocycles. The Morgan fingerprint density at radius 3 is 2.91 bits per heavy atom. The summed E-state index contributed by atoms with van der Waals surface area (Å²) in [6, 6.07) is 0.104. The molecule has 0 saturated carbocycles. The molecule has 4 heteroatoms. The second kappa shape index (κ2) is 6.01. The van der Waals surface area contributed by atoms with Crippen LogP contribution in [0.2, 0.25) is 0 Å². The maximum atomic E-state index is 10.1. The number of aliphatic carboxylic acids is 1. The summed E-state index contributed by atoms with van der Waals surface area (Å²) in [6.07, 6.45) is 1.62. The van der Waals surface area contributed by atoms with E-state index in [0.29, 0.717) is 6.42 Å². The number of nitrogens with zero attached hydrogens (tertiary/aromatic N) is 1. The third-order valence-electron chi connectivity index (χ3n) is 1.29. The van der Waals surface area contributed by atoms with Crippen molar-refractivity contribution in [2.75, 3.05) is 0 Å². The van der Waals surface area contributed by atoms with E-state index in [9.17, 15) is 4.79 Å². The van der Waals surface area contributed by atoms with Gasteiger partial charge in [0.15, 0.2) is 0 Å². The maximum Gasteiger partial charge on any atom is 0.303 e. The van der Waals surface area contributed by atoms with Crippen LogP contribution >= 0.6 is 12.2 Å². The van der Waals surface area contributed by atoms with Crippen LogP contribution in [0.4, 0.5) is 0 Å². The first kappa shape index (κ1) is 10.3. The summed E-state index contributed by atoms with van der Waals surface area (Å²) in [7, 11) is 0. The molecule has 0 radical (unpaired) electrons. The average molecular weight is 173 g/mol. The molecular weight excluding hydrogens is 162 g/mol. The van der Waals surface area contributed by atoms with Gasteiger partial charge in [0.05, 0.1) is 11.2 Å². The molecule has 0 bridgehead atoms. The minimum atomic E-state index is -0.761. The SMILES string of the molecule is CC(CCCC(=O)O)N=C=S. The van der Waals surface area contributed by atoms with E-state index in [0.717, 1.165) is 6.42 Å². The number of isothiocyanates is 1. The highest BCUT2D eigenvalue weighted by Crippen LogP contribution is 2.02. The Labute approximate surface area is 71.1 Å². The fraction of sp³-hybridized carbons (Fsp3) is 0.714. The van der Waals surface area contributed by atoms with Gasteiger partial charge in [0.2, 0.25) is 0 Å². The predicted octanol–water partition coefficient (Wildman–Crippen LogP) is 1.73. The highest BCUT2D eigenvalue weighted by atomic mass is 32.1. The second-order valence-electron chi connectivity index (χ2n) is 2.36. The zero-order chi connectivity index (χ0) is 8.69. The zero-order valence-corrected chi connectivity index (χ0v) is 7.23. The van der Waals surface area contributed by atoms with E-state index in [4.69, 9.17) is 5.11 Å². The van der Waals surface area contributed by atoms with E-state index in [1.165, 1.54) is 0 Å². The molecule has 0 aliphatic carbocycles. The van der Waals surface area contributed by atoms with Crippen LogP contribution in [0.25, 0.3) is 0 Å². The van der Waals surface area contributed by atoms with Crippen LogP contribution in [0.1, 0.15) is 26.2 Å². The summed E-state index contributed by atoms with van der Waals surface area (Å²) >= 11 is 4.40. The molecule has 0 aliphatic rings. The molecule has 0 spiro atoms. The lowest BCUT2D eigenvalue weighted by Gasteiger charge is -2.00. The molecule has 0 aromatic carbocycles. The van der Waals surface area contributed by atoms with Crippen molar-refractivity contribution in [2.45, 2.75) is 32.2 Å². The Balaban J connectivity index is 3.38. The van der Waals surface area contributed by atoms with Crippen LogP contribution in [0.3, 0.4) is 0 Å². The Morgan fingerprint density at radius 1 is 1.82 bits per heavy atom. The van der Waals surface area contributed by atoms with Crippen molar-refractivity contribution in [3.63, 3.8) is 0 Å². The Hall–Kier alpha value is -0.730. The largest absolute Gasteiger partial charge is 0.481 e. The van der Waals surface area contributed by atoms with E-state index in [1.54, 1.807) is 0 Å². The van der Waals surface area contributed by atoms with Gasteiger partial charge < -0.3 is 5.11 Å². The molecule has 0 saturated heterocycles. The zero-order valence-electron chi connectivity index (χ0n) is 6.41. The van der Waals surface area contributed by atoms with E-state index >= 15 is 0 Å². The van der Waals surface area contributed by atoms with Gasteiger partial charge in [0.25, 0.3) is 0 Å². The number of aliphatic imine (C=N–C) groups is 1. The molecule has 1 N–H and O–H groups in total. The molecule has 1 unspecified atom stereocenters. The summed E-state index contributed by atoms with van der Waals surface area (Å²) in [6.45, 7) is 1.89. The van der Waals surface area contributed by atoms with Crippen molar-refractivity contribution in [3.8, 4) is 0 Å². The number of rotatable bonds is 5. The van der Waals surface area contributed by atoms with E-state index in [-0.39, 0.29) is 12.5 Å². The first-order valence-electron chi connectivity index (χ1n) is 3.45. The van der Waals surface area contributed by atoms with Crippen LogP contribution in [-0.2, 0) is 4.79 Å². The van der Waals surface area contributed by atoms with Crippen molar-refractivity contribution in [2.24, 2.45) is 4.99 Å². The van der Waals surface area contributed by atoms with E-state index in [1.807, 2.05) is 6.92 Å². The van der Waals surface area contributed by atoms with Gasteiger partial charge in [-0.3, -0.25) is 4.79 Å². The quantitative estimate of drug-likeness (QED) is 0.509. The van der Waals surface area contributed by atoms with Gasteiger partial charge in [-0.05, 0) is 32.0 Å². The van der Waals surface area contributed by atoms with Gasteiger partial charge in [0, 0.05) is 6.42 Å². The van der Waals surface area contributed by atoms with Crippen molar-refractivity contribution < 1.29 is 9.90 Å². The Morgan fingerprint density at radius 2 is 2.45 bits per heavy atom. The normalized spacial score (nSPS) is 11.7. The number of hydrogen-bond acceptors (Lipinski definition) is 3. The van der Waals surface area contributed by atoms with Gasteiger partial charge in [-0.1, -0.05) is 0 Å². The maximum absolute atomic E-state index is 10.1. The monoisotopic (exact) mass is 173 g/mol. The molecule has 11 heavy (non-hydrogen) atoms. The van der Waals surface area contributed by atoms with Crippen LogP contribution < -0.4 is 0 Å². The molecule has 0 fully saturated rings. The molecule has 0 aromatic heterocycles. The average Bonchev–Trinajstić information content (AvgIpc) is 1.87. The number of thiocarbonyl (C=S) groups is 1. The van der Waals surface area contributed by atoms with Gasteiger partial charge in [-0.15, -0.1) is 0 Å². The third kappa shape index (κ3) is 7.16. The molecule has 0 amide bonds. The minimum absolute atomic E-state index is 0.104. The summed E-state index contributed by atoms with van der Waals surface area (Å²) < 4.78 is 0. The number of carbonyl (C=O) groups is 1. The van der Waals surface area contributed by atoms with Gasteiger partial charge in [-0.2, -0.15) is 0 Å². The highest BCUT2D eigenvalue weighted by Gasteiger charge is 2.00. The smallest absolute Gasteiger partial charge is 0.303 e. The van der Waals surface area contributed by atoms with Gasteiger partial charge in [0.1, 0.15) is 0 Å². The van der Waals surface area contributed by atoms with Crippen molar-refractivity contribution in [1.29, 1.82) is 0 Å². The number of carboxylic acids is 1. The van der Waals surface area contributed by atoms with Crippen LogP contribution in [-0.4, -0.2) is 22.3 Å².